The van der Waals surface area contributed by atoms with Gasteiger partial charge in [-0.2, -0.15) is 0 Å². The second-order valence-corrected chi connectivity index (χ2v) is 13.6. The summed E-state index contributed by atoms with van der Waals surface area (Å²) in [7, 11) is 0. The van der Waals surface area contributed by atoms with Gasteiger partial charge in [0.2, 0.25) is 0 Å². The topological polar surface area (TPSA) is 37.3 Å². The fourth-order valence-corrected chi connectivity index (χ4v) is 10.4. The van der Waals surface area contributed by atoms with Crippen molar-refractivity contribution in [3.63, 3.8) is 0 Å². The Hall–Kier alpha value is -1.05. The third-order valence-electron chi connectivity index (χ3n) is 12.2. The third kappa shape index (κ3) is 3.21. The van der Waals surface area contributed by atoms with Crippen LogP contribution in [-0.4, -0.2) is 11.1 Å². The smallest absolute Gasteiger partial charge is 0.303 e. The molecule has 0 saturated heterocycles. The zero-order valence-electron chi connectivity index (χ0n) is 21.7. The molecule has 0 bridgehead atoms. The predicted octanol–water partition coefficient (Wildman–Crippen LogP) is 8.28. The van der Waals surface area contributed by atoms with Gasteiger partial charge in [0.25, 0.3) is 0 Å². The summed E-state index contributed by atoms with van der Waals surface area (Å²) in [5.41, 5.74) is 3.81. The van der Waals surface area contributed by atoms with E-state index in [-0.39, 0.29) is 17.3 Å². The Bertz CT molecular complexity index is 812. The molecule has 180 valence electrons. The third-order valence-corrected chi connectivity index (χ3v) is 12.2. The molecule has 0 radical (unpaired) electrons. The molecule has 0 spiro atoms. The van der Waals surface area contributed by atoms with Crippen LogP contribution in [0.15, 0.2) is 24.3 Å². The Morgan fingerprint density at radius 3 is 2.16 bits per heavy atom. The summed E-state index contributed by atoms with van der Waals surface area (Å²) in [6.45, 7) is 23.6. The van der Waals surface area contributed by atoms with Gasteiger partial charge in [-0.1, -0.05) is 52.0 Å². The highest BCUT2D eigenvalue weighted by Gasteiger charge is 2.68. The number of carbonyl (C=O) groups is 1. The fourth-order valence-electron chi connectivity index (χ4n) is 10.4. The van der Waals surface area contributed by atoms with Crippen LogP contribution in [0.5, 0.6) is 0 Å². The average Bonchev–Trinajstić information content (AvgIpc) is 3.05. The number of fused-ring (bicyclic) bond motifs is 5. The molecule has 4 aliphatic rings. The van der Waals surface area contributed by atoms with Crippen LogP contribution in [0.1, 0.15) is 106 Å². The molecular weight excluding hydrogens is 392 g/mol. The highest BCUT2D eigenvalue weighted by Crippen LogP contribution is 2.76. The SMILES string of the molecule is C=C(C)[C@@H]1CC[C@@]2(C)CC[C@@]3(C)[C@H](CC[C@@H]4[C@@](C)(CCC(=O)O)[C@H](C(=C)C)CC[C@]43C)[C@@H]12. The van der Waals surface area contributed by atoms with Crippen LogP contribution in [0, 0.1) is 51.2 Å². The Morgan fingerprint density at radius 1 is 0.875 bits per heavy atom. The molecule has 0 heterocycles. The molecule has 4 aliphatic carbocycles. The minimum absolute atomic E-state index is 0.0371. The van der Waals surface area contributed by atoms with Crippen LogP contribution in [-0.2, 0) is 4.79 Å². The first-order valence-electron chi connectivity index (χ1n) is 13.3. The Kier molecular flexibility index (Phi) is 5.83. The van der Waals surface area contributed by atoms with E-state index >= 15 is 0 Å². The lowest BCUT2D eigenvalue weighted by Crippen LogP contribution is -2.63. The van der Waals surface area contributed by atoms with Crippen molar-refractivity contribution in [2.24, 2.45) is 51.2 Å². The maximum atomic E-state index is 11.6. The van der Waals surface area contributed by atoms with E-state index in [2.05, 4.69) is 54.7 Å². The Labute approximate surface area is 197 Å². The van der Waals surface area contributed by atoms with E-state index in [0.717, 1.165) is 18.3 Å². The summed E-state index contributed by atoms with van der Waals surface area (Å²) < 4.78 is 0. The molecule has 2 nitrogen and oxygen atoms in total. The van der Waals surface area contributed by atoms with Gasteiger partial charge in [0.05, 0.1) is 0 Å². The van der Waals surface area contributed by atoms with E-state index < -0.39 is 5.97 Å². The van der Waals surface area contributed by atoms with Crippen molar-refractivity contribution in [1.29, 1.82) is 0 Å². The van der Waals surface area contributed by atoms with Gasteiger partial charge in [-0.25, -0.2) is 0 Å². The zero-order chi connectivity index (χ0) is 23.7. The molecule has 0 unspecified atom stereocenters. The fraction of sp³-hybridized carbons (Fsp3) is 0.833. The first kappa shape index (κ1) is 24.1. The molecule has 1 N–H and O–H groups in total. The van der Waals surface area contributed by atoms with Gasteiger partial charge >= 0.3 is 5.97 Å². The van der Waals surface area contributed by atoms with E-state index in [1.807, 2.05) is 0 Å². The van der Waals surface area contributed by atoms with Crippen LogP contribution in [0.2, 0.25) is 0 Å². The molecule has 9 atom stereocenters. The molecule has 4 fully saturated rings. The standard InChI is InChI=1S/C30H48O2/c1-19(2)21-11-14-27(5)17-18-29(7)23(26(21)27)9-10-24-28(6,15-13-25(31)32)22(20(3)4)12-16-30(24,29)8/h21-24,26H,1,3,9-18H2,2,4-8H3,(H,31,32)/t21-,22-,23+,24+,26+,27-,28-,29-,30+/m0/s1. The largest absolute Gasteiger partial charge is 0.481 e. The van der Waals surface area contributed by atoms with Crippen molar-refractivity contribution in [2.45, 2.75) is 106 Å². The van der Waals surface area contributed by atoms with Gasteiger partial charge in [0, 0.05) is 6.42 Å². The minimum Gasteiger partial charge on any atom is -0.481 e. The van der Waals surface area contributed by atoms with Crippen molar-refractivity contribution < 1.29 is 9.90 Å². The van der Waals surface area contributed by atoms with E-state index in [1.54, 1.807) is 0 Å². The number of rotatable bonds is 5. The lowest BCUT2D eigenvalue weighted by atomic mass is 9.34. The Balaban J connectivity index is 1.75. The van der Waals surface area contributed by atoms with Gasteiger partial charge in [0.1, 0.15) is 0 Å². The van der Waals surface area contributed by atoms with Crippen molar-refractivity contribution in [3.05, 3.63) is 24.3 Å². The monoisotopic (exact) mass is 440 g/mol. The highest BCUT2D eigenvalue weighted by atomic mass is 16.4. The van der Waals surface area contributed by atoms with Gasteiger partial charge < -0.3 is 5.11 Å². The molecular formula is C30H48O2. The first-order valence-corrected chi connectivity index (χ1v) is 13.3. The van der Waals surface area contributed by atoms with Gasteiger partial charge in [-0.3, -0.25) is 4.79 Å². The van der Waals surface area contributed by atoms with Crippen LogP contribution < -0.4 is 0 Å². The number of carboxylic acid groups (broad SMARTS) is 1. The number of hydrogen-bond donors (Lipinski definition) is 1. The van der Waals surface area contributed by atoms with Gasteiger partial charge in [-0.05, 0) is 123 Å². The number of carboxylic acids is 1. The molecule has 0 amide bonds. The molecule has 0 aliphatic heterocycles. The predicted molar refractivity (Wildman–Crippen MR) is 133 cm³/mol. The van der Waals surface area contributed by atoms with Gasteiger partial charge in [0.15, 0.2) is 0 Å². The summed E-state index contributed by atoms with van der Waals surface area (Å²) in [5.74, 6) is 2.62. The normalized spacial score (nSPS) is 50.1. The molecule has 0 aromatic carbocycles. The Morgan fingerprint density at radius 2 is 1.56 bits per heavy atom. The van der Waals surface area contributed by atoms with Crippen molar-refractivity contribution in [2.75, 3.05) is 0 Å². The first-order chi connectivity index (χ1) is 14.8. The highest BCUT2D eigenvalue weighted by molar-refractivity contribution is 5.66. The minimum atomic E-state index is -0.650. The molecule has 2 heteroatoms. The number of hydrogen-bond acceptors (Lipinski definition) is 1. The number of allylic oxidation sites excluding steroid dienone is 2. The summed E-state index contributed by atoms with van der Waals surface area (Å²) in [6.07, 6.45) is 11.5. The van der Waals surface area contributed by atoms with Gasteiger partial charge in [-0.15, -0.1) is 0 Å². The molecule has 4 rings (SSSR count). The molecule has 0 aromatic rings. The van der Waals surface area contributed by atoms with Crippen LogP contribution in [0.4, 0.5) is 0 Å². The second kappa shape index (κ2) is 7.74. The quantitative estimate of drug-likeness (QED) is 0.437. The zero-order valence-corrected chi connectivity index (χ0v) is 21.7. The van der Waals surface area contributed by atoms with Crippen molar-refractivity contribution in [1.82, 2.24) is 0 Å². The lowest BCUT2D eigenvalue weighted by Gasteiger charge is -2.71. The van der Waals surface area contributed by atoms with Crippen LogP contribution in [0.25, 0.3) is 0 Å². The summed E-state index contributed by atoms with van der Waals surface area (Å²) >= 11 is 0. The molecule has 32 heavy (non-hydrogen) atoms. The maximum Gasteiger partial charge on any atom is 0.303 e. The number of aliphatic carboxylic acids is 1. The van der Waals surface area contributed by atoms with E-state index in [4.69, 9.17) is 0 Å². The van der Waals surface area contributed by atoms with Crippen LogP contribution >= 0.6 is 0 Å². The summed E-state index contributed by atoms with van der Waals surface area (Å²) in [4.78, 5) is 11.6. The average molecular weight is 441 g/mol. The maximum absolute atomic E-state index is 11.6. The second-order valence-electron chi connectivity index (χ2n) is 13.6. The summed E-state index contributed by atoms with van der Waals surface area (Å²) in [6, 6.07) is 0. The summed E-state index contributed by atoms with van der Waals surface area (Å²) in [5, 5.41) is 9.56. The van der Waals surface area contributed by atoms with E-state index in [9.17, 15) is 9.90 Å². The van der Waals surface area contributed by atoms with Crippen molar-refractivity contribution in [3.8, 4) is 0 Å². The van der Waals surface area contributed by atoms with E-state index in [0.29, 0.717) is 28.6 Å². The molecule has 0 aromatic heterocycles. The van der Waals surface area contributed by atoms with Crippen molar-refractivity contribution >= 4 is 5.97 Å². The molecule has 4 saturated carbocycles. The van der Waals surface area contributed by atoms with Crippen LogP contribution in [0.3, 0.4) is 0 Å². The van der Waals surface area contributed by atoms with E-state index in [1.165, 1.54) is 62.5 Å². The lowest BCUT2D eigenvalue weighted by molar-refractivity contribution is -0.214.